The number of hydrogen-bond donors (Lipinski definition) is 2. The number of aryl methyl sites for hydroxylation is 1. The molecule has 0 saturated heterocycles. The molecule has 6 nitrogen and oxygen atoms in total. The number of halogens is 2. The highest BCUT2D eigenvalue weighted by Crippen LogP contribution is 2.21. The second-order valence-corrected chi connectivity index (χ2v) is 7.46. The number of amides is 2. The lowest BCUT2D eigenvalue weighted by Crippen LogP contribution is -2.20. The molecule has 0 radical (unpaired) electrons. The molecule has 8 heteroatoms. The van der Waals surface area contributed by atoms with E-state index in [1.807, 2.05) is 31.2 Å². The Hall–Kier alpha value is -3.35. The fraction of sp³-hybridized carbons (Fsp3) is 0.0870. The van der Waals surface area contributed by atoms with Gasteiger partial charge in [0, 0.05) is 26.9 Å². The number of nitrogens with one attached hydrogen (secondary N) is 2. The van der Waals surface area contributed by atoms with Gasteiger partial charge in [0.25, 0.3) is 11.8 Å². The Bertz CT molecular complexity index is 1100. The van der Waals surface area contributed by atoms with Crippen LogP contribution in [0.1, 0.15) is 21.5 Å². The molecule has 158 valence electrons. The topological polar surface area (TPSA) is 79.8 Å². The van der Waals surface area contributed by atoms with Gasteiger partial charge in [-0.05, 0) is 61.5 Å². The maximum Gasteiger partial charge on any atom is 0.271 e. The van der Waals surface area contributed by atoms with Crippen LogP contribution in [-0.2, 0) is 4.79 Å². The van der Waals surface area contributed by atoms with Crippen molar-refractivity contribution in [3.05, 3.63) is 93.5 Å². The van der Waals surface area contributed by atoms with E-state index in [0.29, 0.717) is 32.6 Å². The summed E-state index contributed by atoms with van der Waals surface area (Å²) in [5.74, 6) is -0.305. The average molecular weight is 456 g/mol. The standard InChI is InChI=1S/C23H19Cl2N3O3/c1-15-2-9-20(10-3-15)27-22(29)14-31-21-11-8-19(25)12-17(21)13-26-28-23(30)16-4-6-18(24)7-5-16/h2-13H,14H2,1H3,(H,27,29)(H,28,30)/b26-13+. The van der Waals surface area contributed by atoms with Crippen LogP contribution in [0.5, 0.6) is 5.75 Å². The van der Waals surface area contributed by atoms with Gasteiger partial charge in [-0.1, -0.05) is 40.9 Å². The first kappa shape index (κ1) is 22.3. The van der Waals surface area contributed by atoms with E-state index in [4.69, 9.17) is 27.9 Å². The minimum absolute atomic E-state index is 0.201. The molecule has 0 heterocycles. The highest BCUT2D eigenvalue weighted by atomic mass is 35.5. The Labute approximate surface area is 189 Å². The third kappa shape index (κ3) is 6.84. The molecule has 0 bridgehead atoms. The van der Waals surface area contributed by atoms with Crippen LogP contribution in [-0.4, -0.2) is 24.6 Å². The molecule has 0 aromatic heterocycles. The predicted molar refractivity (Wildman–Crippen MR) is 123 cm³/mol. The summed E-state index contributed by atoms with van der Waals surface area (Å²) in [7, 11) is 0. The van der Waals surface area contributed by atoms with Gasteiger partial charge in [-0.25, -0.2) is 5.43 Å². The third-order valence-electron chi connectivity index (χ3n) is 4.14. The number of hydrazone groups is 1. The molecule has 0 atom stereocenters. The van der Waals surface area contributed by atoms with Crippen LogP contribution < -0.4 is 15.5 Å². The third-order valence-corrected chi connectivity index (χ3v) is 4.63. The van der Waals surface area contributed by atoms with Crippen molar-refractivity contribution in [2.75, 3.05) is 11.9 Å². The Morgan fingerprint density at radius 1 is 0.968 bits per heavy atom. The molecule has 3 aromatic carbocycles. The van der Waals surface area contributed by atoms with Gasteiger partial charge in [0.1, 0.15) is 5.75 Å². The maximum absolute atomic E-state index is 12.2. The lowest BCUT2D eigenvalue weighted by Gasteiger charge is -2.10. The van der Waals surface area contributed by atoms with E-state index in [0.717, 1.165) is 5.56 Å². The van der Waals surface area contributed by atoms with E-state index in [1.165, 1.54) is 6.21 Å². The number of nitrogens with zero attached hydrogens (tertiary/aromatic N) is 1. The molecule has 0 saturated carbocycles. The highest BCUT2D eigenvalue weighted by Gasteiger charge is 2.08. The van der Waals surface area contributed by atoms with Gasteiger partial charge >= 0.3 is 0 Å². The van der Waals surface area contributed by atoms with Crippen LogP contribution in [0, 0.1) is 6.92 Å². The number of hydrogen-bond acceptors (Lipinski definition) is 4. The monoisotopic (exact) mass is 455 g/mol. The number of ether oxygens (including phenoxy) is 1. The number of carbonyl (C=O) groups excluding carboxylic acids is 2. The zero-order chi connectivity index (χ0) is 22.2. The number of anilines is 1. The molecule has 0 spiro atoms. The molecule has 3 aromatic rings. The minimum atomic E-state index is -0.394. The first-order valence-electron chi connectivity index (χ1n) is 9.28. The van der Waals surface area contributed by atoms with Crippen LogP contribution >= 0.6 is 23.2 Å². The Balaban J connectivity index is 1.61. The normalized spacial score (nSPS) is 10.7. The summed E-state index contributed by atoms with van der Waals surface area (Å²) in [4.78, 5) is 24.3. The summed E-state index contributed by atoms with van der Waals surface area (Å²) in [5.41, 5.74) is 5.13. The number of carbonyl (C=O) groups is 2. The second kappa shape index (κ2) is 10.6. The molecule has 31 heavy (non-hydrogen) atoms. The van der Waals surface area contributed by atoms with E-state index in [1.54, 1.807) is 42.5 Å². The zero-order valence-electron chi connectivity index (χ0n) is 16.6. The van der Waals surface area contributed by atoms with Crippen molar-refractivity contribution in [1.82, 2.24) is 5.43 Å². The van der Waals surface area contributed by atoms with E-state index in [9.17, 15) is 9.59 Å². The molecule has 3 rings (SSSR count). The van der Waals surface area contributed by atoms with Gasteiger partial charge in [0.15, 0.2) is 6.61 Å². The van der Waals surface area contributed by atoms with Gasteiger partial charge in [-0.2, -0.15) is 5.10 Å². The Kier molecular flexibility index (Phi) is 7.65. The Morgan fingerprint density at radius 2 is 1.65 bits per heavy atom. The maximum atomic E-state index is 12.2. The van der Waals surface area contributed by atoms with Gasteiger partial charge in [0.2, 0.25) is 0 Å². The summed E-state index contributed by atoms with van der Waals surface area (Å²) in [6, 6.07) is 18.7. The first-order chi connectivity index (χ1) is 14.9. The van der Waals surface area contributed by atoms with Gasteiger partial charge in [-0.3, -0.25) is 9.59 Å². The summed E-state index contributed by atoms with van der Waals surface area (Å²) in [5, 5.41) is 7.70. The van der Waals surface area contributed by atoms with E-state index < -0.39 is 5.91 Å². The molecule has 0 aliphatic carbocycles. The molecule has 0 aliphatic heterocycles. The van der Waals surface area contributed by atoms with Crippen LogP contribution in [0.2, 0.25) is 10.0 Å². The van der Waals surface area contributed by atoms with E-state index in [2.05, 4.69) is 15.8 Å². The van der Waals surface area contributed by atoms with Crippen molar-refractivity contribution in [2.24, 2.45) is 5.10 Å². The smallest absolute Gasteiger partial charge is 0.271 e. The minimum Gasteiger partial charge on any atom is -0.483 e. The largest absolute Gasteiger partial charge is 0.483 e. The van der Waals surface area contributed by atoms with Crippen molar-refractivity contribution in [2.45, 2.75) is 6.92 Å². The lowest BCUT2D eigenvalue weighted by atomic mass is 10.2. The average Bonchev–Trinajstić information content (AvgIpc) is 2.75. The lowest BCUT2D eigenvalue weighted by molar-refractivity contribution is -0.118. The fourth-order valence-corrected chi connectivity index (χ4v) is 2.86. The molecule has 2 N–H and O–H groups in total. The molecule has 0 fully saturated rings. The van der Waals surface area contributed by atoms with Crippen LogP contribution in [0.4, 0.5) is 5.69 Å². The van der Waals surface area contributed by atoms with Gasteiger partial charge in [-0.15, -0.1) is 0 Å². The molecule has 0 aliphatic rings. The van der Waals surface area contributed by atoms with Gasteiger partial charge < -0.3 is 10.1 Å². The second-order valence-electron chi connectivity index (χ2n) is 6.59. The van der Waals surface area contributed by atoms with Crippen molar-refractivity contribution in [1.29, 1.82) is 0 Å². The SMILES string of the molecule is Cc1ccc(NC(=O)COc2ccc(Cl)cc2/C=N/NC(=O)c2ccc(Cl)cc2)cc1. The van der Waals surface area contributed by atoms with Crippen molar-refractivity contribution >= 4 is 46.9 Å². The molecule has 0 unspecified atom stereocenters. The quantitative estimate of drug-likeness (QED) is 0.384. The first-order valence-corrected chi connectivity index (χ1v) is 10.0. The van der Waals surface area contributed by atoms with Crippen molar-refractivity contribution < 1.29 is 14.3 Å². The fourth-order valence-electron chi connectivity index (χ4n) is 2.56. The van der Waals surface area contributed by atoms with Gasteiger partial charge in [0.05, 0.1) is 6.21 Å². The summed E-state index contributed by atoms with van der Waals surface area (Å²) in [6.07, 6.45) is 1.40. The van der Waals surface area contributed by atoms with Crippen molar-refractivity contribution in [3.63, 3.8) is 0 Å². The molecular weight excluding hydrogens is 437 g/mol. The number of rotatable bonds is 7. The summed E-state index contributed by atoms with van der Waals surface area (Å²) < 4.78 is 5.62. The predicted octanol–water partition coefficient (Wildman–Crippen LogP) is 5.08. The highest BCUT2D eigenvalue weighted by molar-refractivity contribution is 6.31. The summed E-state index contributed by atoms with van der Waals surface area (Å²) in [6.45, 7) is 1.77. The molecular formula is C23H19Cl2N3O3. The van der Waals surface area contributed by atoms with Crippen molar-refractivity contribution in [3.8, 4) is 5.75 Å². The Morgan fingerprint density at radius 3 is 2.35 bits per heavy atom. The van der Waals surface area contributed by atoms with E-state index in [-0.39, 0.29) is 12.5 Å². The number of benzene rings is 3. The van der Waals surface area contributed by atoms with Crippen LogP contribution in [0.3, 0.4) is 0 Å². The van der Waals surface area contributed by atoms with E-state index >= 15 is 0 Å². The summed E-state index contributed by atoms with van der Waals surface area (Å²) >= 11 is 11.9. The molecule has 2 amide bonds. The zero-order valence-corrected chi connectivity index (χ0v) is 18.1. The van der Waals surface area contributed by atoms with Crippen LogP contribution in [0.15, 0.2) is 71.8 Å². The van der Waals surface area contributed by atoms with Crippen LogP contribution in [0.25, 0.3) is 0 Å².